The predicted octanol–water partition coefficient (Wildman–Crippen LogP) is 3.11. The fraction of sp³-hybridized carbons (Fsp3) is 0.857. The molecule has 0 aliphatic heterocycles. The average Bonchev–Trinajstić information content (AvgIpc) is 1.62. The van der Waals surface area contributed by atoms with E-state index < -0.39 is 0 Å². The Morgan fingerprint density at radius 2 is 1.89 bits per heavy atom. The SMILES string of the molecule is CSC(=S)CC(C)(C)C. The van der Waals surface area contributed by atoms with E-state index in [1.165, 1.54) is 0 Å². The van der Waals surface area contributed by atoms with E-state index in [1.54, 1.807) is 11.8 Å². The number of hydrogen-bond donors (Lipinski definition) is 0. The fourth-order valence-corrected chi connectivity index (χ4v) is 1.52. The van der Waals surface area contributed by atoms with Gasteiger partial charge in [-0.05, 0) is 18.1 Å². The van der Waals surface area contributed by atoms with Gasteiger partial charge in [-0.25, -0.2) is 0 Å². The third kappa shape index (κ3) is 6.32. The second-order valence-electron chi connectivity index (χ2n) is 3.31. The zero-order chi connectivity index (χ0) is 7.49. The van der Waals surface area contributed by atoms with Crippen LogP contribution in [0.25, 0.3) is 0 Å². The van der Waals surface area contributed by atoms with E-state index in [0.717, 1.165) is 10.6 Å². The summed E-state index contributed by atoms with van der Waals surface area (Å²) in [5.41, 5.74) is 0.361. The predicted molar refractivity (Wildman–Crippen MR) is 50.2 cm³/mol. The van der Waals surface area contributed by atoms with Crippen molar-refractivity contribution < 1.29 is 0 Å². The quantitative estimate of drug-likeness (QED) is 0.543. The van der Waals surface area contributed by atoms with Crippen LogP contribution in [0.1, 0.15) is 27.2 Å². The first kappa shape index (κ1) is 9.44. The van der Waals surface area contributed by atoms with Gasteiger partial charge in [-0.3, -0.25) is 0 Å². The van der Waals surface area contributed by atoms with Crippen LogP contribution in [0.5, 0.6) is 0 Å². The molecule has 0 aliphatic carbocycles. The number of thioether (sulfide) groups is 1. The molecule has 0 saturated heterocycles. The Morgan fingerprint density at radius 3 is 2.00 bits per heavy atom. The molecule has 0 atom stereocenters. The molecule has 0 unspecified atom stereocenters. The van der Waals surface area contributed by atoms with Crippen molar-refractivity contribution in [2.24, 2.45) is 5.41 Å². The van der Waals surface area contributed by atoms with E-state index in [0.29, 0.717) is 5.41 Å². The van der Waals surface area contributed by atoms with Gasteiger partial charge in [-0.15, -0.1) is 11.8 Å². The van der Waals surface area contributed by atoms with Crippen LogP contribution in [0.3, 0.4) is 0 Å². The van der Waals surface area contributed by atoms with Gasteiger partial charge in [0.05, 0.1) is 0 Å². The van der Waals surface area contributed by atoms with Gasteiger partial charge in [-0.1, -0.05) is 33.0 Å². The molecule has 0 radical (unpaired) electrons. The van der Waals surface area contributed by atoms with Crippen LogP contribution in [-0.4, -0.2) is 10.5 Å². The molecule has 0 aliphatic rings. The summed E-state index contributed by atoms with van der Waals surface area (Å²) in [4.78, 5) is 0. The molecule has 0 aromatic rings. The van der Waals surface area contributed by atoms with Crippen molar-refractivity contribution >= 4 is 28.2 Å². The van der Waals surface area contributed by atoms with Crippen LogP contribution in [0, 0.1) is 5.41 Å². The van der Waals surface area contributed by atoms with Crippen molar-refractivity contribution in [3.05, 3.63) is 0 Å². The topological polar surface area (TPSA) is 0 Å². The first-order chi connectivity index (χ1) is 3.95. The Hall–Kier alpha value is 0.440. The zero-order valence-corrected chi connectivity index (χ0v) is 8.16. The Kier molecular flexibility index (Phi) is 3.74. The minimum atomic E-state index is 0.361. The lowest BCUT2D eigenvalue weighted by Crippen LogP contribution is -2.08. The summed E-state index contributed by atoms with van der Waals surface area (Å²) in [6, 6.07) is 0. The summed E-state index contributed by atoms with van der Waals surface area (Å²) in [6.45, 7) is 6.61. The van der Waals surface area contributed by atoms with Gasteiger partial charge in [0.25, 0.3) is 0 Å². The molecular formula is C7H14S2. The summed E-state index contributed by atoms with van der Waals surface area (Å²) in [5, 5.41) is 0. The molecular weight excluding hydrogens is 148 g/mol. The monoisotopic (exact) mass is 162 g/mol. The molecule has 54 valence electrons. The van der Waals surface area contributed by atoms with Gasteiger partial charge in [0, 0.05) is 4.20 Å². The second kappa shape index (κ2) is 3.57. The highest BCUT2D eigenvalue weighted by Crippen LogP contribution is 2.22. The van der Waals surface area contributed by atoms with Crippen molar-refractivity contribution in [2.45, 2.75) is 27.2 Å². The lowest BCUT2D eigenvalue weighted by atomic mass is 9.94. The average molecular weight is 162 g/mol. The van der Waals surface area contributed by atoms with Crippen LogP contribution >= 0.6 is 24.0 Å². The van der Waals surface area contributed by atoms with Crippen LogP contribution < -0.4 is 0 Å². The van der Waals surface area contributed by atoms with E-state index in [2.05, 4.69) is 20.8 Å². The highest BCUT2D eigenvalue weighted by Gasteiger charge is 2.11. The van der Waals surface area contributed by atoms with Crippen molar-refractivity contribution in [1.29, 1.82) is 0 Å². The maximum atomic E-state index is 5.07. The third-order valence-electron chi connectivity index (χ3n) is 0.902. The Bertz CT molecular complexity index is 100.0. The van der Waals surface area contributed by atoms with Crippen molar-refractivity contribution in [1.82, 2.24) is 0 Å². The molecule has 0 amide bonds. The lowest BCUT2D eigenvalue weighted by Gasteiger charge is -2.16. The molecule has 0 saturated carbocycles. The molecule has 0 nitrogen and oxygen atoms in total. The summed E-state index contributed by atoms with van der Waals surface area (Å²) < 4.78 is 1.11. The molecule has 0 fully saturated rings. The third-order valence-corrected chi connectivity index (χ3v) is 2.15. The Labute approximate surface area is 67.4 Å². The zero-order valence-electron chi connectivity index (χ0n) is 6.52. The van der Waals surface area contributed by atoms with Crippen molar-refractivity contribution in [2.75, 3.05) is 6.26 Å². The summed E-state index contributed by atoms with van der Waals surface area (Å²) >= 11 is 6.75. The largest absolute Gasteiger partial charge is 0.122 e. The van der Waals surface area contributed by atoms with E-state index in [4.69, 9.17) is 12.2 Å². The van der Waals surface area contributed by atoms with Crippen LogP contribution in [0.4, 0.5) is 0 Å². The van der Waals surface area contributed by atoms with Gasteiger partial charge in [0.2, 0.25) is 0 Å². The van der Waals surface area contributed by atoms with Gasteiger partial charge < -0.3 is 0 Å². The van der Waals surface area contributed by atoms with Crippen molar-refractivity contribution in [3.63, 3.8) is 0 Å². The summed E-state index contributed by atoms with van der Waals surface area (Å²) in [5.74, 6) is 0. The van der Waals surface area contributed by atoms with E-state index in [-0.39, 0.29) is 0 Å². The number of hydrogen-bond acceptors (Lipinski definition) is 2. The van der Waals surface area contributed by atoms with E-state index >= 15 is 0 Å². The van der Waals surface area contributed by atoms with Gasteiger partial charge in [0.1, 0.15) is 0 Å². The molecule has 0 spiro atoms. The molecule has 0 heterocycles. The molecule has 9 heavy (non-hydrogen) atoms. The van der Waals surface area contributed by atoms with Crippen LogP contribution in [0.2, 0.25) is 0 Å². The van der Waals surface area contributed by atoms with Crippen LogP contribution in [0.15, 0.2) is 0 Å². The summed E-state index contributed by atoms with van der Waals surface area (Å²) in [6.07, 6.45) is 3.08. The van der Waals surface area contributed by atoms with Gasteiger partial charge >= 0.3 is 0 Å². The minimum Gasteiger partial charge on any atom is -0.122 e. The number of thiocarbonyl (C=S) groups is 1. The maximum absolute atomic E-state index is 5.07. The van der Waals surface area contributed by atoms with E-state index in [9.17, 15) is 0 Å². The standard InChI is InChI=1S/C7H14S2/c1-7(2,3)5-6(8)9-4/h5H2,1-4H3. The molecule has 0 rings (SSSR count). The minimum absolute atomic E-state index is 0.361. The van der Waals surface area contributed by atoms with E-state index in [1.807, 2.05) is 6.26 Å². The molecule has 0 bridgehead atoms. The van der Waals surface area contributed by atoms with Crippen molar-refractivity contribution in [3.8, 4) is 0 Å². The Balaban J connectivity index is 3.60. The maximum Gasteiger partial charge on any atom is 0.0481 e. The first-order valence-corrected chi connectivity index (χ1v) is 4.66. The fourth-order valence-electron chi connectivity index (χ4n) is 0.505. The first-order valence-electron chi connectivity index (χ1n) is 3.02. The summed E-state index contributed by atoms with van der Waals surface area (Å²) in [7, 11) is 0. The molecule has 2 heteroatoms. The highest BCUT2D eigenvalue weighted by atomic mass is 32.2. The van der Waals surface area contributed by atoms with Crippen LogP contribution in [-0.2, 0) is 0 Å². The molecule has 0 aromatic carbocycles. The second-order valence-corrected chi connectivity index (χ2v) is 4.97. The van der Waals surface area contributed by atoms with Gasteiger partial charge in [-0.2, -0.15) is 0 Å². The Morgan fingerprint density at radius 1 is 1.44 bits per heavy atom. The molecule has 0 N–H and O–H groups in total. The lowest BCUT2D eigenvalue weighted by molar-refractivity contribution is 0.438. The van der Waals surface area contributed by atoms with Gasteiger partial charge in [0.15, 0.2) is 0 Å². The normalized spacial score (nSPS) is 11.6. The number of rotatable bonds is 1. The molecule has 0 aromatic heterocycles. The highest BCUT2D eigenvalue weighted by molar-refractivity contribution is 8.22. The smallest absolute Gasteiger partial charge is 0.0481 e.